The molecular weight excluding hydrogens is 470 g/mol. The number of nitrogens with one attached hydrogen (secondary N) is 2. The summed E-state index contributed by atoms with van der Waals surface area (Å²) in [6, 6.07) is 4.99. The number of nitrogens with zero attached hydrogens (tertiary/aromatic N) is 5. The molecule has 1 aliphatic carbocycles. The first kappa shape index (κ1) is 24.6. The van der Waals surface area contributed by atoms with E-state index < -0.39 is 20.8 Å². The van der Waals surface area contributed by atoms with Crippen LogP contribution < -0.4 is 14.8 Å². The van der Waals surface area contributed by atoms with Crippen molar-refractivity contribution in [2.75, 3.05) is 16.6 Å². The Hall–Kier alpha value is -3.54. The smallest absolute Gasteiger partial charge is 0.252 e. The maximum atomic E-state index is 13.0. The molecule has 0 atom stereocenters. The maximum absolute atomic E-state index is 13.0. The lowest BCUT2D eigenvalue weighted by Crippen LogP contribution is -2.41. The Labute approximate surface area is 204 Å². The van der Waals surface area contributed by atoms with Crippen molar-refractivity contribution in [2.24, 2.45) is 0 Å². The van der Waals surface area contributed by atoms with Crippen molar-refractivity contribution in [2.45, 2.75) is 57.2 Å². The van der Waals surface area contributed by atoms with Crippen molar-refractivity contribution in [3.05, 3.63) is 43.0 Å². The van der Waals surface area contributed by atoms with Gasteiger partial charge in [-0.2, -0.15) is 5.10 Å². The standard InChI is InChI=1S/C23H29N7O4S/c1-4-34-21-15-24-14-18(26-21)16-9-10-19(25-13-16)27-22(31)23(2,3)30-12-11-20(28-30)29-35(32,33)17-7-5-6-8-17/h9-15,17H,4-8H2,1-3H3,(H,28,29)(H,25,27,31). The molecule has 0 unspecified atom stereocenters. The van der Waals surface area contributed by atoms with Crippen LogP contribution in [0, 0.1) is 0 Å². The Balaban J connectivity index is 1.42. The Morgan fingerprint density at radius 1 is 1.14 bits per heavy atom. The van der Waals surface area contributed by atoms with Gasteiger partial charge in [0.15, 0.2) is 5.82 Å². The van der Waals surface area contributed by atoms with Crippen LogP contribution in [0.3, 0.4) is 0 Å². The van der Waals surface area contributed by atoms with Crippen molar-refractivity contribution in [1.29, 1.82) is 0 Å². The third-order valence-electron chi connectivity index (χ3n) is 5.91. The van der Waals surface area contributed by atoms with Crippen LogP contribution in [0.25, 0.3) is 11.3 Å². The number of ether oxygens (including phenoxy) is 1. The van der Waals surface area contributed by atoms with Crippen molar-refractivity contribution >= 4 is 27.6 Å². The number of anilines is 2. The molecule has 4 rings (SSSR count). The molecule has 0 bridgehead atoms. The summed E-state index contributed by atoms with van der Waals surface area (Å²) >= 11 is 0. The van der Waals surface area contributed by atoms with Gasteiger partial charge in [0.25, 0.3) is 5.91 Å². The van der Waals surface area contributed by atoms with E-state index in [9.17, 15) is 13.2 Å². The van der Waals surface area contributed by atoms with Crippen LogP contribution in [0.15, 0.2) is 43.0 Å². The fourth-order valence-corrected chi connectivity index (χ4v) is 5.34. The average Bonchev–Trinajstić information content (AvgIpc) is 3.53. The van der Waals surface area contributed by atoms with Gasteiger partial charge in [-0.05, 0) is 45.7 Å². The van der Waals surface area contributed by atoms with Gasteiger partial charge in [-0.15, -0.1) is 0 Å². The molecule has 0 radical (unpaired) electrons. The quantitative estimate of drug-likeness (QED) is 0.457. The minimum atomic E-state index is -3.50. The fourth-order valence-electron chi connectivity index (χ4n) is 3.81. The molecule has 1 saturated carbocycles. The summed E-state index contributed by atoms with van der Waals surface area (Å²) in [5.74, 6) is 0.614. The van der Waals surface area contributed by atoms with Crippen molar-refractivity contribution in [3.63, 3.8) is 0 Å². The zero-order valence-corrected chi connectivity index (χ0v) is 20.7. The van der Waals surface area contributed by atoms with E-state index in [0.29, 0.717) is 36.8 Å². The molecule has 0 saturated heterocycles. The third kappa shape index (κ3) is 5.59. The van der Waals surface area contributed by atoms with E-state index in [1.54, 1.807) is 50.6 Å². The highest BCUT2D eigenvalue weighted by atomic mass is 32.2. The first-order valence-electron chi connectivity index (χ1n) is 11.5. The number of hydrogen-bond donors (Lipinski definition) is 2. The molecule has 0 aliphatic heterocycles. The lowest BCUT2D eigenvalue weighted by Gasteiger charge is -2.24. The van der Waals surface area contributed by atoms with E-state index in [1.807, 2.05) is 6.92 Å². The van der Waals surface area contributed by atoms with E-state index in [2.05, 4.69) is 30.1 Å². The summed E-state index contributed by atoms with van der Waals surface area (Å²) < 4.78 is 34.5. The lowest BCUT2D eigenvalue weighted by molar-refractivity contribution is -0.123. The van der Waals surface area contributed by atoms with Gasteiger partial charge >= 0.3 is 0 Å². The molecule has 12 heteroatoms. The molecule has 3 heterocycles. The van der Waals surface area contributed by atoms with E-state index in [-0.39, 0.29) is 11.7 Å². The van der Waals surface area contributed by atoms with Crippen LogP contribution in [0.4, 0.5) is 11.6 Å². The van der Waals surface area contributed by atoms with Gasteiger partial charge in [-0.3, -0.25) is 19.2 Å². The molecule has 1 fully saturated rings. The number of amides is 1. The molecule has 186 valence electrons. The van der Waals surface area contributed by atoms with E-state index in [1.165, 1.54) is 10.9 Å². The van der Waals surface area contributed by atoms with Gasteiger partial charge in [0.05, 0.1) is 29.9 Å². The first-order valence-corrected chi connectivity index (χ1v) is 13.0. The summed E-state index contributed by atoms with van der Waals surface area (Å²) in [5, 5.41) is 6.68. The highest BCUT2D eigenvalue weighted by Crippen LogP contribution is 2.27. The monoisotopic (exact) mass is 499 g/mol. The molecular formula is C23H29N7O4S. The summed E-state index contributed by atoms with van der Waals surface area (Å²) in [5.41, 5.74) is 0.225. The summed E-state index contributed by atoms with van der Waals surface area (Å²) in [4.78, 5) is 25.8. The molecule has 1 aliphatic rings. The van der Waals surface area contributed by atoms with Crippen LogP contribution in [0.5, 0.6) is 5.88 Å². The highest BCUT2D eigenvalue weighted by molar-refractivity contribution is 7.93. The number of aromatic nitrogens is 5. The van der Waals surface area contributed by atoms with Crippen LogP contribution in [0.2, 0.25) is 0 Å². The van der Waals surface area contributed by atoms with Crippen LogP contribution in [0.1, 0.15) is 46.5 Å². The second-order valence-corrected chi connectivity index (χ2v) is 10.8. The minimum absolute atomic E-state index is 0.190. The summed E-state index contributed by atoms with van der Waals surface area (Å²) in [6.07, 6.45) is 9.44. The molecule has 1 amide bonds. The Morgan fingerprint density at radius 2 is 1.91 bits per heavy atom. The van der Waals surface area contributed by atoms with Gasteiger partial charge in [0.2, 0.25) is 15.9 Å². The highest BCUT2D eigenvalue weighted by Gasteiger charge is 2.33. The SMILES string of the molecule is CCOc1cncc(-c2ccc(NC(=O)C(C)(C)n3ccc(NS(=O)(=O)C4CCCC4)n3)nc2)n1. The van der Waals surface area contributed by atoms with E-state index in [0.717, 1.165) is 18.4 Å². The van der Waals surface area contributed by atoms with Gasteiger partial charge in [-0.1, -0.05) is 12.8 Å². The Kier molecular flexibility index (Phi) is 7.01. The Morgan fingerprint density at radius 3 is 2.60 bits per heavy atom. The predicted molar refractivity (Wildman–Crippen MR) is 131 cm³/mol. The normalized spacial score (nSPS) is 14.6. The van der Waals surface area contributed by atoms with Crippen LogP contribution >= 0.6 is 0 Å². The van der Waals surface area contributed by atoms with Crippen LogP contribution in [-0.4, -0.2) is 50.9 Å². The topological polar surface area (TPSA) is 141 Å². The zero-order chi connectivity index (χ0) is 25.1. The fraction of sp³-hybridized carbons (Fsp3) is 0.435. The number of hydrogen-bond acceptors (Lipinski definition) is 8. The number of carbonyl (C=O) groups is 1. The maximum Gasteiger partial charge on any atom is 0.252 e. The van der Waals surface area contributed by atoms with Crippen molar-refractivity contribution in [1.82, 2.24) is 24.7 Å². The molecule has 35 heavy (non-hydrogen) atoms. The number of carbonyl (C=O) groups excluding carboxylic acids is 1. The van der Waals surface area contributed by atoms with Gasteiger partial charge in [-0.25, -0.2) is 18.4 Å². The molecule has 3 aromatic rings. The van der Waals surface area contributed by atoms with Crippen LogP contribution in [-0.2, 0) is 20.4 Å². The lowest BCUT2D eigenvalue weighted by atomic mass is 10.1. The summed E-state index contributed by atoms with van der Waals surface area (Å²) in [7, 11) is -3.50. The van der Waals surface area contributed by atoms with Crippen molar-refractivity contribution in [3.8, 4) is 17.1 Å². The predicted octanol–water partition coefficient (Wildman–Crippen LogP) is 3.19. The summed E-state index contributed by atoms with van der Waals surface area (Å²) in [6.45, 7) is 5.73. The van der Waals surface area contributed by atoms with E-state index >= 15 is 0 Å². The van der Waals surface area contributed by atoms with Gasteiger partial charge < -0.3 is 10.1 Å². The second kappa shape index (κ2) is 9.98. The molecule has 3 aromatic heterocycles. The molecule has 11 nitrogen and oxygen atoms in total. The van der Waals surface area contributed by atoms with E-state index in [4.69, 9.17) is 4.74 Å². The second-order valence-electron chi connectivity index (χ2n) is 8.82. The molecule has 2 N–H and O–H groups in total. The first-order chi connectivity index (χ1) is 16.7. The number of pyridine rings is 1. The minimum Gasteiger partial charge on any atom is -0.477 e. The van der Waals surface area contributed by atoms with Gasteiger partial charge in [0, 0.05) is 24.0 Å². The van der Waals surface area contributed by atoms with Crippen molar-refractivity contribution < 1.29 is 17.9 Å². The Bertz CT molecular complexity index is 1280. The number of sulfonamides is 1. The molecule has 0 spiro atoms. The van der Waals surface area contributed by atoms with Gasteiger partial charge in [0.1, 0.15) is 11.4 Å². The third-order valence-corrected chi connectivity index (χ3v) is 7.75. The average molecular weight is 500 g/mol. The largest absolute Gasteiger partial charge is 0.477 e. The zero-order valence-electron chi connectivity index (χ0n) is 19.9. The molecule has 0 aromatic carbocycles. The number of rotatable bonds is 9.